The average molecular weight is 170 g/mol. The summed E-state index contributed by atoms with van der Waals surface area (Å²) in [7, 11) is 0. The van der Waals surface area contributed by atoms with Crippen molar-refractivity contribution in [1.29, 1.82) is 0 Å². The van der Waals surface area contributed by atoms with E-state index in [0.717, 1.165) is 13.1 Å². The van der Waals surface area contributed by atoms with Crippen LogP contribution >= 0.6 is 0 Å². The van der Waals surface area contributed by atoms with Gasteiger partial charge in [0.05, 0.1) is 0 Å². The Kier molecular flexibility index (Phi) is 2.60. The van der Waals surface area contributed by atoms with Crippen molar-refractivity contribution in [2.75, 3.05) is 13.1 Å². The number of hydrogen-bond acceptors (Lipinski definition) is 1. The first-order valence-electron chi connectivity index (χ1n) is 4.65. The van der Waals surface area contributed by atoms with E-state index in [1.54, 1.807) is 0 Å². The molecule has 1 saturated heterocycles. The summed E-state index contributed by atoms with van der Waals surface area (Å²) in [6.45, 7) is 9.96. The predicted octanol–water partition coefficient (Wildman–Crippen LogP) is 1.54. The van der Waals surface area contributed by atoms with Gasteiger partial charge in [-0.1, -0.05) is 0 Å². The van der Waals surface area contributed by atoms with Crippen LogP contribution in [0.2, 0.25) is 0 Å². The van der Waals surface area contributed by atoms with E-state index in [4.69, 9.17) is 0 Å². The summed E-state index contributed by atoms with van der Waals surface area (Å²) in [6.07, 6.45) is 0. The Morgan fingerprint density at radius 2 is 2.17 bits per heavy atom. The van der Waals surface area contributed by atoms with E-state index < -0.39 is 0 Å². The first-order chi connectivity index (χ1) is 5.57. The lowest BCUT2D eigenvalue weighted by molar-refractivity contribution is 0.176. The summed E-state index contributed by atoms with van der Waals surface area (Å²) >= 11 is 0. The zero-order valence-electron chi connectivity index (χ0n) is 8.37. The van der Waals surface area contributed by atoms with E-state index >= 15 is 0 Å². The molecule has 3 heteroatoms. The molecule has 0 aromatic heterocycles. The van der Waals surface area contributed by atoms with E-state index in [2.05, 4.69) is 20.8 Å². The van der Waals surface area contributed by atoms with Crippen molar-refractivity contribution < 1.29 is 4.79 Å². The molecule has 1 fully saturated rings. The second-order valence-corrected chi connectivity index (χ2v) is 3.67. The van der Waals surface area contributed by atoms with Gasteiger partial charge in [-0.2, -0.15) is 0 Å². The largest absolute Gasteiger partial charge is 0.323 e. The minimum atomic E-state index is 0.194. The Labute approximate surface area is 74.3 Å². The number of nitrogens with zero attached hydrogens (tertiary/aromatic N) is 2. The van der Waals surface area contributed by atoms with Gasteiger partial charge < -0.3 is 9.80 Å². The highest BCUT2D eigenvalue weighted by Gasteiger charge is 2.34. The van der Waals surface area contributed by atoms with Crippen molar-refractivity contribution in [3.8, 4) is 0 Å². The second-order valence-electron chi connectivity index (χ2n) is 3.67. The van der Waals surface area contributed by atoms with Crippen LogP contribution < -0.4 is 0 Å². The summed E-state index contributed by atoms with van der Waals surface area (Å²) in [5, 5.41) is 0. The molecule has 70 valence electrons. The lowest BCUT2D eigenvalue weighted by atomic mass is 10.2. The van der Waals surface area contributed by atoms with E-state index in [1.165, 1.54) is 0 Å². The highest BCUT2D eigenvalue weighted by atomic mass is 16.2. The molecule has 1 atom stereocenters. The average Bonchev–Trinajstić information content (AvgIpc) is 2.25. The van der Waals surface area contributed by atoms with Crippen molar-refractivity contribution in [3.63, 3.8) is 0 Å². The van der Waals surface area contributed by atoms with Gasteiger partial charge in [-0.05, 0) is 27.7 Å². The van der Waals surface area contributed by atoms with Gasteiger partial charge in [0.2, 0.25) is 0 Å². The zero-order valence-corrected chi connectivity index (χ0v) is 8.37. The molecule has 3 nitrogen and oxygen atoms in total. The van der Waals surface area contributed by atoms with Crippen molar-refractivity contribution in [3.05, 3.63) is 0 Å². The highest BCUT2D eigenvalue weighted by molar-refractivity contribution is 5.77. The van der Waals surface area contributed by atoms with E-state index in [9.17, 15) is 4.79 Å². The third kappa shape index (κ3) is 1.40. The van der Waals surface area contributed by atoms with Crippen LogP contribution in [0, 0.1) is 0 Å². The van der Waals surface area contributed by atoms with Gasteiger partial charge in [0.1, 0.15) is 0 Å². The molecule has 0 aromatic carbocycles. The monoisotopic (exact) mass is 170 g/mol. The first kappa shape index (κ1) is 9.36. The number of rotatable bonds is 2. The maximum Gasteiger partial charge on any atom is 0.320 e. The Morgan fingerprint density at radius 3 is 2.42 bits per heavy atom. The van der Waals surface area contributed by atoms with Gasteiger partial charge in [0, 0.05) is 25.2 Å². The van der Waals surface area contributed by atoms with Gasteiger partial charge >= 0.3 is 6.03 Å². The maximum absolute atomic E-state index is 11.6. The Balaban J connectivity index is 2.70. The molecule has 0 radical (unpaired) electrons. The minimum Gasteiger partial charge on any atom is -0.323 e. The van der Waals surface area contributed by atoms with Crippen LogP contribution in [0.3, 0.4) is 0 Å². The molecule has 1 heterocycles. The molecule has 1 unspecified atom stereocenters. The Morgan fingerprint density at radius 1 is 1.58 bits per heavy atom. The van der Waals surface area contributed by atoms with Crippen LogP contribution in [-0.4, -0.2) is 41.0 Å². The van der Waals surface area contributed by atoms with Crippen LogP contribution in [-0.2, 0) is 0 Å². The predicted molar refractivity (Wildman–Crippen MR) is 49.1 cm³/mol. The summed E-state index contributed by atoms with van der Waals surface area (Å²) in [5.41, 5.74) is 0. The fourth-order valence-electron chi connectivity index (χ4n) is 1.83. The van der Waals surface area contributed by atoms with E-state index in [0.29, 0.717) is 12.1 Å². The Bertz CT molecular complexity index is 179. The topological polar surface area (TPSA) is 23.6 Å². The lowest BCUT2D eigenvalue weighted by Crippen LogP contribution is -2.39. The van der Waals surface area contributed by atoms with Gasteiger partial charge in [-0.25, -0.2) is 4.79 Å². The van der Waals surface area contributed by atoms with Crippen LogP contribution in [0.5, 0.6) is 0 Å². The quantitative estimate of drug-likeness (QED) is 0.616. The third-order valence-electron chi connectivity index (χ3n) is 2.39. The van der Waals surface area contributed by atoms with Crippen LogP contribution in [0.15, 0.2) is 0 Å². The number of carbonyl (C=O) groups is 1. The molecular formula is C9H18N2O. The second kappa shape index (κ2) is 3.33. The maximum atomic E-state index is 11.6. The number of hydrogen-bond donors (Lipinski definition) is 0. The van der Waals surface area contributed by atoms with Crippen molar-refractivity contribution in [2.45, 2.75) is 39.8 Å². The molecule has 1 rings (SSSR count). The van der Waals surface area contributed by atoms with Gasteiger partial charge in [0.15, 0.2) is 0 Å². The molecule has 0 aliphatic carbocycles. The third-order valence-corrected chi connectivity index (χ3v) is 2.39. The molecule has 0 spiro atoms. The smallest absolute Gasteiger partial charge is 0.320 e. The van der Waals surface area contributed by atoms with Gasteiger partial charge in [-0.3, -0.25) is 0 Å². The molecule has 1 aliphatic rings. The SMILES string of the molecule is CCN1CC(C)N(C(C)C)C1=O. The molecule has 0 aromatic rings. The highest BCUT2D eigenvalue weighted by Crippen LogP contribution is 2.17. The summed E-state index contributed by atoms with van der Waals surface area (Å²) in [5.74, 6) is 0. The minimum absolute atomic E-state index is 0.194. The fraction of sp³-hybridized carbons (Fsp3) is 0.889. The summed E-state index contributed by atoms with van der Waals surface area (Å²) < 4.78 is 0. The number of carbonyl (C=O) groups excluding carboxylic acids is 1. The van der Waals surface area contributed by atoms with E-state index in [-0.39, 0.29) is 6.03 Å². The molecule has 12 heavy (non-hydrogen) atoms. The molecule has 0 N–H and O–H groups in total. The normalized spacial score (nSPS) is 24.4. The van der Waals surface area contributed by atoms with Crippen LogP contribution in [0.4, 0.5) is 4.79 Å². The van der Waals surface area contributed by atoms with Gasteiger partial charge in [0.25, 0.3) is 0 Å². The number of amides is 2. The molecule has 0 bridgehead atoms. The zero-order chi connectivity index (χ0) is 9.30. The van der Waals surface area contributed by atoms with Crippen LogP contribution in [0.1, 0.15) is 27.7 Å². The molecule has 1 aliphatic heterocycles. The fourth-order valence-corrected chi connectivity index (χ4v) is 1.83. The van der Waals surface area contributed by atoms with Crippen molar-refractivity contribution >= 4 is 6.03 Å². The molecule has 0 saturated carbocycles. The van der Waals surface area contributed by atoms with Crippen molar-refractivity contribution in [2.24, 2.45) is 0 Å². The Hall–Kier alpha value is -0.730. The van der Waals surface area contributed by atoms with E-state index in [1.807, 2.05) is 16.7 Å². The van der Waals surface area contributed by atoms with Gasteiger partial charge in [-0.15, -0.1) is 0 Å². The standard InChI is InChI=1S/C9H18N2O/c1-5-10-6-8(4)11(7(2)3)9(10)12/h7-8H,5-6H2,1-4H3. The number of urea groups is 1. The molecule has 2 amide bonds. The first-order valence-corrected chi connectivity index (χ1v) is 4.65. The van der Waals surface area contributed by atoms with Crippen LogP contribution in [0.25, 0.3) is 0 Å². The van der Waals surface area contributed by atoms with Crippen molar-refractivity contribution in [1.82, 2.24) is 9.80 Å². The lowest BCUT2D eigenvalue weighted by Gasteiger charge is -2.24. The number of likely N-dealkylation sites (N-methyl/N-ethyl adjacent to an activating group) is 1. The summed E-state index contributed by atoms with van der Waals surface area (Å²) in [6, 6.07) is 0.890. The summed E-state index contributed by atoms with van der Waals surface area (Å²) in [4.78, 5) is 15.5. The molecular weight excluding hydrogens is 152 g/mol.